The Labute approximate surface area is 163 Å². The third-order valence-corrected chi connectivity index (χ3v) is 6.32. The van der Waals surface area contributed by atoms with Gasteiger partial charge in [-0.25, -0.2) is 13.1 Å². The van der Waals surface area contributed by atoms with Gasteiger partial charge >= 0.3 is 0 Å². The predicted molar refractivity (Wildman–Crippen MR) is 103 cm³/mol. The molecule has 140 valence electrons. The van der Waals surface area contributed by atoms with Crippen molar-refractivity contribution in [1.82, 2.24) is 9.62 Å². The Morgan fingerprint density at radius 2 is 1.81 bits per heavy atom. The molecule has 1 unspecified atom stereocenters. The molecular formula is C18H20Cl2N2O3S. The van der Waals surface area contributed by atoms with Crippen molar-refractivity contribution in [3.05, 3.63) is 64.1 Å². The minimum Gasteiger partial charge on any atom is -0.379 e. The molecule has 3 rings (SSSR count). The number of nitrogens with one attached hydrogen (secondary N) is 1. The van der Waals surface area contributed by atoms with Crippen molar-refractivity contribution in [2.24, 2.45) is 0 Å². The molecule has 1 saturated heterocycles. The topological polar surface area (TPSA) is 58.6 Å². The first-order valence-corrected chi connectivity index (χ1v) is 10.5. The first kappa shape index (κ1) is 19.6. The van der Waals surface area contributed by atoms with Crippen LogP contribution in [0.4, 0.5) is 0 Å². The Bertz CT molecular complexity index is 855. The van der Waals surface area contributed by atoms with E-state index < -0.39 is 10.0 Å². The molecule has 0 aliphatic carbocycles. The highest BCUT2D eigenvalue weighted by molar-refractivity contribution is 7.89. The van der Waals surface area contributed by atoms with Crippen molar-refractivity contribution >= 4 is 33.2 Å². The summed E-state index contributed by atoms with van der Waals surface area (Å²) < 4.78 is 33.4. The summed E-state index contributed by atoms with van der Waals surface area (Å²) in [7, 11) is -3.67. The van der Waals surface area contributed by atoms with E-state index in [1.54, 1.807) is 12.1 Å². The van der Waals surface area contributed by atoms with Crippen molar-refractivity contribution in [3.63, 3.8) is 0 Å². The van der Waals surface area contributed by atoms with Gasteiger partial charge in [0.15, 0.2) is 0 Å². The van der Waals surface area contributed by atoms with Gasteiger partial charge in [0.1, 0.15) is 0 Å². The highest BCUT2D eigenvalue weighted by Gasteiger charge is 2.26. The van der Waals surface area contributed by atoms with Crippen LogP contribution in [0, 0.1) is 0 Å². The third kappa shape index (κ3) is 4.76. The first-order valence-electron chi connectivity index (χ1n) is 8.29. The molecule has 1 atom stereocenters. The SMILES string of the molecule is O=S(=O)(NCC(c1ccccc1Cl)N1CCOCC1)c1cccc(Cl)c1. The first-order chi connectivity index (χ1) is 12.5. The molecule has 8 heteroatoms. The summed E-state index contributed by atoms with van der Waals surface area (Å²) in [6, 6.07) is 13.5. The predicted octanol–water partition coefficient (Wildman–Crippen LogP) is 3.35. The van der Waals surface area contributed by atoms with Gasteiger partial charge in [0, 0.05) is 35.7 Å². The van der Waals surface area contributed by atoms with Crippen LogP contribution in [0.3, 0.4) is 0 Å². The largest absolute Gasteiger partial charge is 0.379 e. The van der Waals surface area contributed by atoms with Crippen LogP contribution >= 0.6 is 23.2 Å². The molecule has 0 amide bonds. The Morgan fingerprint density at radius 3 is 2.50 bits per heavy atom. The Kier molecular flexibility index (Phi) is 6.55. The number of rotatable bonds is 6. The molecule has 1 aliphatic rings. The molecule has 2 aromatic carbocycles. The molecule has 0 bridgehead atoms. The van der Waals surface area contributed by atoms with Gasteiger partial charge in [0.05, 0.1) is 18.1 Å². The fraction of sp³-hybridized carbons (Fsp3) is 0.333. The molecule has 1 fully saturated rings. The van der Waals surface area contributed by atoms with E-state index in [0.717, 1.165) is 18.7 Å². The van der Waals surface area contributed by atoms with Gasteiger partial charge in [-0.15, -0.1) is 0 Å². The maximum Gasteiger partial charge on any atom is 0.240 e. The molecule has 1 heterocycles. The van der Waals surface area contributed by atoms with Crippen LogP contribution in [0.25, 0.3) is 0 Å². The Hall–Kier alpha value is -1.15. The van der Waals surface area contributed by atoms with Crippen molar-refractivity contribution in [1.29, 1.82) is 0 Å². The fourth-order valence-electron chi connectivity index (χ4n) is 2.98. The van der Waals surface area contributed by atoms with Gasteiger partial charge in [-0.3, -0.25) is 4.90 Å². The molecular weight excluding hydrogens is 395 g/mol. The van der Waals surface area contributed by atoms with Crippen LogP contribution in [-0.2, 0) is 14.8 Å². The number of sulfonamides is 1. The third-order valence-electron chi connectivity index (χ3n) is 4.32. The highest BCUT2D eigenvalue weighted by Crippen LogP contribution is 2.28. The number of halogens is 2. The normalized spacial score (nSPS) is 17.2. The highest BCUT2D eigenvalue weighted by atomic mass is 35.5. The second-order valence-corrected chi connectivity index (χ2v) is 8.61. The van der Waals surface area contributed by atoms with Gasteiger partial charge < -0.3 is 4.74 Å². The molecule has 1 aliphatic heterocycles. The zero-order chi connectivity index (χ0) is 18.6. The van der Waals surface area contributed by atoms with Gasteiger partial charge in [0.25, 0.3) is 0 Å². The molecule has 0 spiro atoms. The van der Waals surface area contributed by atoms with E-state index in [9.17, 15) is 8.42 Å². The van der Waals surface area contributed by atoms with Crippen LogP contribution < -0.4 is 4.72 Å². The number of ether oxygens (including phenoxy) is 1. The Morgan fingerprint density at radius 1 is 1.08 bits per heavy atom. The van der Waals surface area contributed by atoms with E-state index in [0.29, 0.717) is 23.3 Å². The van der Waals surface area contributed by atoms with Gasteiger partial charge in [-0.1, -0.05) is 47.5 Å². The van der Waals surface area contributed by atoms with E-state index >= 15 is 0 Å². The lowest BCUT2D eigenvalue weighted by Crippen LogP contribution is -2.43. The van der Waals surface area contributed by atoms with Crippen LogP contribution in [0.5, 0.6) is 0 Å². The van der Waals surface area contributed by atoms with E-state index in [-0.39, 0.29) is 17.5 Å². The summed E-state index contributed by atoms with van der Waals surface area (Å²) in [5, 5.41) is 0.995. The standard InChI is InChI=1S/C18H20Cl2N2O3S/c19-14-4-3-5-15(12-14)26(23,24)21-13-18(22-8-10-25-11-9-22)16-6-1-2-7-17(16)20/h1-7,12,18,21H,8-11,13H2. The number of morpholine rings is 1. The average Bonchev–Trinajstić information content (AvgIpc) is 2.64. The van der Waals surface area contributed by atoms with Crippen molar-refractivity contribution < 1.29 is 13.2 Å². The summed E-state index contributed by atoms with van der Waals surface area (Å²) in [6.45, 7) is 2.87. The second kappa shape index (κ2) is 8.69. The Balaban J connectivity index is 1.83. The maximum absolute atomic E-state index is 12.6. The molecule has 1 N–H and O–H groups in total. The van der Waals surface area contributed by atoms with E-state index in [4.69, 9.17) is 27.9 Å². The van der Waals surface area contributed by atoms with Crippen molar-refractivity contribution in [2.45, 2.75) is 10.9 Å². The zero-order valence-corrected chi connectivity index (χ0v) is 16.4. The van der Waals surface area contributed by atoms with Crippen molar-refractivity contribution in [3.8, 4) is 0 Å². The van der Waals surface area contributed by atoms with Gasteiger partial charge in [-0.05, 0) is 29.8 Å². The quantitative estimate of drug-likeness (QED) is 0.786. The lowest BCUT2D eigenvalue weighted by molar-refractivity contribution is 0.0172. The number of nitrogens with zero attached hydrogens (tertiary/aromatic N) is 1. The van der Waals surface area contributed by atoms with Crippen LogP contribution in [0.1, 0.15) is 11.6 Å². The van der Waals surface area contributed by atoms with E-state index in [1.165, 1.54) is 12.1 Å². The molecule has 5 nitrogen and oxygen atoms in total. The summed E-state index contributed by atoms with van der Waals surface area (Å²) in [5.74, 6) is 0. The fourth-order valence-corrected chi connectivity index (χ4v) is 4.58. The van der Waals surface area contributed by atoms with E-state index in [1.807, 2.05) is 24.3 Å². The number of hydrogen-bond acceptors (Lipinski definition) is 4. The maximum atomic E-state index is 12.6. The second-order valence-electron chi connectivity index (χ2n) is 5.99. The van der Waals surface area contributed by atoms with Crippen LogP contribution in [0.15, 0.2) is 53.4 Å². The lowest BCUT2D eigenvalue weighted by atomic mass is 10.0. The summed E-state index contributed by atoms with van der Waals surface area (Å²) in [4.78, 5) is 2.33. The van der Waals surface area contributed by atoms with E-state index in [2.05, 4.69) is 9.62 Å². The molecule has 0 radical (unpaired) electrons. The smallest absolute Gasteiger partial charge is 0.240 e. The average molecular weight is 415 g/mol. The van der Waals surface area contributed by atoms with Crippen molar-refractivity contribution in [2.75, 3.05) is 32.8 Å². The molecule has 0 saturated carbocycles. The minimum atomic E-state index is -3.67. The van der Waals surface area contributed by atoms with Gasteiger partial charge in [-0.2, -0.15) is 0 Å². The molecule has 2 aromatic rings. The lowest BCUT2D eigenvalue weighted by Gasteiger charge is -2.35. The number of benzene rings is 2. The zero-order valence-electron chi connectivity index (χ0n) is 14.1. The summed E-state index contributed by atoms with van der Waals surface area (Å²) in [6.07, 6.45) is 0. The number of hydrogen-bond donors (Lipinski definition) is 1. The van der Waals surface area contributed by atoms with Gasteiger partial charge in [0.2, 0.25) is 10.0 Å². The summed E-state index contributed by atoms with van der Waals surface area (Å²) in [5.41, 5.74) is 0.893. The minimum absolute atomic E-state index is 0.143. The van der Waals surface area contributed by atoms with Crippen LogP contribution in [-0.4, -0.2) is 46.2 Å². The van der Waals surface area contributed by atoms with Crippen LogP contribution in [0.2, 0.25) is 10.0 Å². The monoisotopic (exact) mass is 414 g/mol. The molecule has 0 aromatic heterocycles. The summed E-state index contributed by atoms with van der Waals surface area (Å²) >= 11 is 12.3. The molecule has 26 heavy (non-hydrogen) atoms.